The zero-order valence-corrected chi connectivity index (χ0v) is 21.8. The van der Waals surface area contributed by atoms with Crippen molar-refractivity contribution in [2.75, 3.05) is 13.1 Å². The van der Waals surface area contributed by atoms with Gasteiger partial charge in [-0.1, -0.05) is 0 Å². The van der Waals surface area contributed by atoms with E-state index in [-0.39, 0.29) is 51.0 Å². The summed E-state index contributed by atoms with van der Waals surface area (Å²) in [5.41, 5.74) is 27.0. The number of primary amides is 1. The standard InChI is InChI=1S/C22H41N9O8/c23-10-2-1-4-13(29-18(35)12(24)6-8-16(25)32)19(36)30-14(5-3-11-28-22(26)27)20(37)31-15(21(38)39)7-9-17(33)34/h12-15H,1-11,23-24H2,(H2,25,32)(H,29,35)(H,30,36)(H,31,37)(H,33,34)(H,38,39)(H4,26,27,28). The van der Waals surface area contributed by atoms with Crippen molar-refractivity contribution >= 4 is 41.5 Å². The van der Waals surface area contributed by atoms with E-state index in [9.17, 15) is 33.9 Å². The lowest BCUT2D eigenvalue weighted by molar-refractivity contribution is -0.143. The topological polar surface area (TPSA) is 321 Å². The van der Waals surface area contributed by atoms with Gasteiger partial charge in [0.15, 0.2) is 5.96 Å². The molecule has 0 radical (unpaired) electrons. The Kier molecular flexibility index (Phi) is 17.2. The van der Waals surface area contributed by atoms with Crippen molar-refractivity contribution in [2.45, 2.75) is 82.0 Å². The molecule has 4 amide bonds. The zero-order valence-electron chi connectivity index (χ0n) is 21.8. The van der Waals surface area contributed by atoms with Crippen molar-refractivity contribution in [3.63, 3.8) is 0 Å². The Balaban J connectivity index is 5.67. The van der Waals surface area contributed by atoms with Crippen molar-refractivity contribution in [3.8, 4) is 0 Å². The van der Waals surface area contributed by atoms with Gasteiger partial charge in [0, 0.05) is 19.4 Å². The number of nitrogens with two attached hydrogens (primary N) is 5. The first-order chi connectivity index (χ1) is 18.3. The molecule has 39 heavy (non-hydrogen) atoms. The van der Waals surface area contributed by atoms with Crippen LogP contribution in [0.5, 0.6) is 0 Å². The summed E-state index contributed by atoms with van der Waals surface area (Å²) in [5.74, 6) is -5.87. The second-order valence-electron chi connectivity index (χ2n) is 8.80. The van der Waals surface area contributed by atoms with Gasteiger partial charge in [0.2, 0.25) is 23.6 Å². The number of amides is 4. The van der Waals surface area contributed by atoms with Gasteiger partial charge in [-0.25, -0.2) is 4.79 Å². The second kappa shape index (κ2) is 19.1. The highest BCUT2D eigenvalue weighted by atomic mass is 16.4. The smallest absolute Gasteiger partial charge is 0.326 e. The van der Waals surface area contributed by atoms with E-state index in [1.165, 1.54) is 0 Å². The van der Waals surface area contributed by atoms with Gasteiger partial charge in [-0.15, -0.1) is 0 Å². The first-order valence-electron chi connectivity index (χ1n) is 12.4. The van der Waals surface area contributed by atoms with Crippen molar-refractivity contribution in [3.05, 3.63) is 0 Å². The SMILES string of the molecule is NCCCCC(NC(=O)C(N)CCC(N)=O)C(=O)NC(CCCN=C(N)N)C(=O)NC(CCC(=O)O)C(=O)O. The lowest BCUT2D eigenvalue weighted by atomic mass is 10.0. The Morgan fingerprint density at radius 2 is 1.23 bits per heavy atom. The minimum atomic E-state index is -1.52. The summed E-state index contributed by atoms with van der Waals surface area (Å²) in [6.07, 6.45) is 0.269. The predicted molar refractivity (Wildman–Crippen MR) is 140 cm³/mol. The van der Waals surface area contributed by atoms with Crippen LogP contribution in [0.2, 0.25) is 0 Å². The van der Waals surface area contributed by atoms with Crippen LogP contribution in [0.1, 0.15) is 57.8 Å². The van der Waals surface area contributed by atoms with Crippen LogP contribution in [-0.2, 0) is 28.8 Å². The summed E-state index contributed by atoms with van der Waals surface area (Å²) >= 11 is 0. The van der Waals surface area contributed by atoms with Crippen molar-refractivity contribution in [2.24, 2.45) is 33.7 Å². The third kappa shape index (κ3) is 16.5. The second-order valence-corrected chi connectivity index (χ2v) is 8.80. The number of unbranched alkanes of at least 4 members (excludes halogenated alkanes) is 1. The first-order valence-corrected chi connectivity index (χ1v) is 12.4. The summed E-state index contributed by atoms with van der Waals surface area (Å²) < 4.78 is 0. The Bertz CT molecular complexity index is 880. The van der Waals surface area contributed by atoms with Gasteiger partial charge in [-0.2, -0.15) is 0 Å². The molecule has 222 valence electrons. The molecule has 15 N–H and O–H groups in total. The fourth-order valence-electron chi connectivity index (χ4n) is 3.31. The summed E-state index contributed by atoms with van der Waals surface area (Å²) in [6, 6.07) is -5.03. The molecule has 0 saturated carbocycles. The number of nitrogens with one attached hydrogen (secondary N) is 3. The number of hydrogen-bond acceptors (Lipinski definition) is 9. The number of aliphatic carboxylic acids is 2. The Morgan fingerprint density at radius 1 is 0.692 bits per heavy atom. The monoisotopic (exact) mass is 559 g/mol. The highest BCUT2D eigenvalue weighted by Crippen LogP contribution is 2.07. The first kappa shape index (κ1) is 35.0. The van der Waals surface area contributed by atoms with Crippen molar-refractivity contribution in [1.29, 1.82) is 0 Å². The molecular formula is C22H41N9O8. The van der Waals surface area contributed by atoms with E-state index >= 15 is 0 Å². The van der Waals surface area contributed by atoms with Crippen LogP contribution in [0.4, 0.5) is 0 Å². The normalized spacial score (nSPS) is 13.7. The molecule has 0 aromatic heterocycles. The maximum Gasteiger partial charge on any atom is 0.326 e. The van der Waals surface area contributed by atoms with Crippen LogP contribution in [0.15, 0.2) is 4.99 Å². The number of carbonyl (C=O) groups excluding carboxylic acids is 4. The molecular weight excluding hydrogens is 518 g/mol. The predicted octanol–water partition coefficient (Wildman–Crippen LogP) is -3.83. The summed E-state index contributed by atoms with van der Waals surface area (Å²) in [7, 11) is 0. The zero-order chi connectivity index (χ0) is 30.0. The van der Waals surface area contributed by atoms with Crippen LogP contribution in [0, 0.1) is 0 Å². The van der Waals surface area contributed by atoms with E-state index in [4.69, 9.17) is 33.8 Å². The Labute approximate surface area is 225 Å². The molecule has 0 saturated heterocycles. The van der Waals surface area contributed by atoms with Gasteiger partial charge in [0.05, 0.1) is 6.04 Å². The van der Waals surface area contributed by atoms with Crippen LogP contribution >= 0.6 is 0 Å². The molecule has 0 aliphatic heterocycles. The van der Waals surface area contributed by atoms with E-state index in [1.54, 1.807) is 0 Å². The molecule has 0 aliphatic rings. The molecule has 4 atom stereocenters. The number of hydrogen-bond donors (Lipinski definition) is 10. The minimum Gasteiger partial charge on any atom is -0.481 e. The summed E-state index contributed by atoms with van der Waals surface area (Å²) in [6.45, 7) is 0.442. The number of nitrogens with zero attached hydrogens (tertiary/aromatic N) is 1. The molecule has 0 aromatic rings. The Hall–Kier alpha value is -3.99. The highest BCUT2D eigenvalue weighted by molar-refractivity contribution is 5.94. The molecule has 0 heterocycles. The van der Waals surface area contributed by atoms with Crippen LogP contribution in [-0.4, -0.2) is 89.0 Å². The van der Waals surface area contributed by atoms with Gasteiger partial charge in [0.25, 0.3) is 0 Å². The summed E-state index contributed by atoms with van der Waals surface area (Å²) in [5, 5.41) is 25.5. The number of carbonyl (C=O) groups is 6. The average molecular weight is 560 g/mol. The van der Waals surface area contributed by atoms with Crippen LogP contribution in [0.25, 0.3) is 0 Å². The maximum atomic E-state index is 13.1. The third-order valence-corrected chi connectivity index (χ3v) is 5.46. The number of carboxylic acids is 2. The van der Waals surface area contributed by atoms with Crippen molar-refractivity contribution in [1.82, 2.24) is 16.0 Å². The largest absolute Gasteiger partial charge is 0.481 e. The van der Waals surface area contributed by atoms with Gasteiger partial charge in [-0.05, 0) is 51.5 Å². The lowest BCUT2D eigenvalue weighted by Crippen LogP contribution is -2.57. The number of rotatable bonds is 21. The molecule has 0 aliphatic carbocycles. The number of guanidine groups is 1. The van der Waals surface area contributed by atoms with Gasteiger partial charge >= 0.3 is 11.9 Å². The molecule has 0 aromatic carbocycles. The van der Waals surface area contributed by atoms with E-state index in [0.29, 0.717) is 19.4 Å². The quantitative estimate of drug-likeness (QED) is 0.0367. The lowest BCUT2D eigenvalue weighted by Gasteiger charge is -2.25. The van der Waals surface area contributed by atoms with E-state index < -0.39 is 66.2 Å². The van der Waals surface area contributed by atoms with Crippen LogP contribution < -0.4 is 44.6 Å². The number of aliphatic imine (C=N–C) groups is 1. The summed E-state index contributed by atoms with van der Waals surface area (Å²) in [4.78, 5) is 75.8. The van der Waals surface area contributed by atoms with E-state index in [2.05, 4.69) is 20.9 Å². The fraction of sp³-hybridized carbons (Fsp3) is 0.682. The molecule has 0 fully saturated rings. The van der Waals surface area contributed by atoms with E-state index in [0.717, 1.165) is 0 Å². The average Bonchev–Trinajstić information content (AvgIpc) is 2.85. The van der Waals surface area contributed by atoms with Gasteiger partial charge in [0.1, 0.15) is 18.1 Å². The fourth-order valence-corrected chi connectivity index (χ4v) is 3.31. The molecule has 0 spiro atoms. The molecule has 17 nitrogen and oxygen atoms in total. The minimum absolute atomic E-state index is 0.0127. The van der Waals surface area contributed by atoms with Gasteiger partial charge < -0.3 is 54.8 Å². The molecule has 0 rings (SSSR count). The van der Waals surface area contributed by atoms with Gasteiger partial charge in [-0.3, -0.25) is 29.0 Å². The maximum absolute atomic E-state index is 13.1. The molecule has 0 bridgehead atoms. The Morgan fingerprint density at radius 3 is 1.72 bits per heavy atom. The molecule has 4 unspecified atom stereocenters. The number of carboxylic acid groups (broad SMARTS) is 2. The van der Waals surface area contributed by atoms with Crippen LogP contribution in [0.3, 0.4) is 0 Å². The highest BCUT2D eigenvalue weighted by Gasteiger charge is 2.30. The van der Waals surface area contributed by atoms with Crippen molar-refractivity contribution < 1.29 is 39.0 Å². The third-order valence-electron chi connectivity index (χ3n) is 5.46. The van der Waals surface area contributed by atoms with E-state index in [1.807, 2.05) is 0 Å². The molecule has 17 heteroatoms.